The van der Waals surface area contributed by atoms with Crippen LogP contribution in [0.3, 0.4) is 0 Å². The molecule has 1 aliphatic carbocycles. The number of aryl methyl sites for hydroxylation is 1. The van der Waals surface area contributed by atoms with E-state index in [4.69, 9.17) is 0 Å². The van der Waals surface area contributed by atoms with Crippen molar-refractivity contribution >= 4 is 11.6 Å². The maximum Gasteiger partial charge on any atom is 0.416 e. The molecule has 1 saturated carbocycles. The number of carbonyl (C=O) groups is 1. The predicted octanol–water partition coefficient (Wildman–Crippen LogP) is 3.93. The molecule has 7 heteroatoms. The summed E-state index contributed by atoms with van der Waals surface area (Å²) in [7, 11) is 0. The summed E-state index contributed by atoms with van der Waals surface area (Å²) in [5.74, 6) is 0.566. The first kappa shape index (κ1) is 15.5. The third-order valence-electron chi connectivity index (χ3n) is 3.63. The molecule has 3 rings (SSSR count). The highest BCUT2D eigenvalue weighted by Gasteiger charge is 2.30. The van der Waals surface area contributed by atoms with Gasteiger partial charge in [-0.2, -0.15) is 13.2 Å². The van der Waals surface area contributed by atoms with Gasteiger partial charge in [-0.25, -0.2) is 9.97 Å². The number of carbonyl (C=O) groups excluding carboxylic acids is 1. The average molecular weight is 321 g/mol. The largest absolute Gasteiger partial charge is 0.416 e. The Labute approximate surface area is 130 Å². The number of anilines is 1. The molecule has 1 aliphatic rings. The zero-order chi connectivity index (χ0) is 16.6. The van der Waals surface area contributed by atoms with E-state index in [0.717, 1.165) is 30.8 Å². The van der Waals surface area contributed by atoms with Gasteiger partial charge >= 0.3 is 6.18 Å². The van der Waals surface area contributed by atoms with Crippen molar-refractivity contribution in [1.82, 2.24) is 9.97 Å². The van der Waals surface area contributed by atoms with E-state index >= 15 is 0 Å². The van der Waals surface area contributed by atoms with Crippen molar-refractivity contribution in [1.29, 1.82) is 0 Å². The summed E-state index contributed by atoms with van der Waals surface area (Å²) in [5, 5.41) is 2.46. The van der Waals surface area contributed by atoms with E-state index in [9.17, 15) is 18.0 Å². The molecule has 0 saturated heterocycles. The third-order valence-corrected chi connectivity index (χ3v) is 3.63. The van der Waals surface area contributed by atoms with Crippen molar-refractivity contribution in [3.63, 3.8) is 0 Å². The summed E-state index contributed by atoms with van der Waals surface area (Å²) in [4.78, 5) is 20.7. The highest BCUT2D eigenvalue weighted by Crippen LogP contribution is 2.38. The topological polar surface area (TPSA) is 54.9 Å². The molecule has 0 unspecified atom stereocenters. The Morgan fingerprint density at radius 2 is 2.04 bits per heavy atom. The number of nitrogens with zero attached hydrogens (tertiary/aromatic N) is 2. The summed E-state index contributed by atoms with van der Waals surface area (Å²) in [6.45, 7) is 1.69. The van der Waals surface area contributed by atoms with Crippen LogP contribution >= 0.6 is 0 Å². The monoisotopic (exact) mass is 321 g/mol. The van der Waals surface area contributed by atoms with Crippen LogP contribution in [0.2, 0.25) is 0 Å². The smallest absolute Gasteiger partial charge is 0.322 e. The van der Waals surface area contributed by atoms with Crippen LogP contribution in [0.15, 0.2) is 30.5 Å². The molecule has 120 valence electrons. The van der Waals surface area contributed by atoms with Gasteiger partial charge in [-0.1, -0.05) is 6.07 Å². The van der Waals surface area contributed by atoms with Gasteiger partial charge in [0.05, 0.1) is 16.8 Å². The van der Waals surface area contributed by atoms with E-state index < -0.39 is 17.6 Å². The molecule has 1 amide bonds. The SMILES string of the molecule is Cc1nc(C2CC2)ncc1C(=O)Nc1cccc(C(F)(F)F)c1. The van der Waals surface area contributed by atoms with Crippen LogP contribution < -0.4 is 5.32 Å². The van der Waals surface area contributed by atoms with E-state index in [1.807, 2.05) is 0 Å². The normalized spacial score (nSPS) is 14.6. The van der Waals surface area contributed by atoms with Gasteiger partial charge in [-0.15, -0.1) is 0 Å². The predicted molar refractivity (Wildman–Crippen MR) is 78.1 cm³/mol. The number of halogens is 3. The van der Waals surface area contributed by atoms with Gasteiger partial charge in [0.2, 0.25) is 0 Å². The number of aromatic nitrogens is 2. The molecule has 1 heterocycles. The fourth-order valence-corrected chi connectivity index (χ4v) is 2.22. The van der Waals surface area contributed by atoms with Crippen LogP contribution in [0, 0.1) is 6.92 Å². The highest BCUT2D eigenvalue weighted by atomic mass is 19.4. The fourth-order valence-electron chi connectivity index (χ4n) is 2.22. The van der Waals surface area contributed by atoms with Gasteiger partial charge in [0.15, 0.2) is 0 Å². The number of benzene rings is 1. The summed E-state index contributed by atoms with van der Waals surface area (Å²) in [6, 6.07) is 4.50. The summed E-state index contributed by atoms with van der Waals surface area (Å²) < 4.78 is 38.1. The van der Waals surface area contributed by atoms with E-state index in [-0.39, 0.29) is 11.3 Å². The van der Waals surface area contributed by atoms with E-state index in [0.29, 0.717) is 11.6 Å². The second kappa shape index (κ2) is 5.64. The molecule has 2 aromatic rings. The van der Waals surface area contributed by atoms with Crippen molar-refractivity contribution < 1.29 is 18.0 Å². The van der Waals surface area contributed by atoms with Crippen LogP contribution in [0.1, 0.15) is 46.2 Å². The highest BCUT2D eigenvalue weighted by molar-refractivity contribution is 6.04. The second-order valence-electron chi connectivity index (χ2n) is 5.53. The molecule has 0 spiro atoms. The molecular weight excluding hydrogens is 307 g/mol. The van der Waals surface area contributed by atoms with Gasteiger partial charge in [-0.05, 0) is 38.0 Å². The molecule has 0 radical (unpaired) electrons. The van der Waals surface area contributed by atoms with Crippen molar-refractivity contribution in [2.24, 2.45) is 0 Å². The lowest BCUT2D eigenvalue weighted by atomic mass is 10.1. The molecule has 1 N–H and O–H groups in total. The molecule has 0 atom stereocenters. The van der Waals surface area contributed by atoms with E-state index in [1.165, 1.54) is 18.3 Å². The lowest BCUT2D eigenvalue weighted by molar-refractivity contribution is -0.137. The van der Waals surface area contributed by atoms with Gasteiger partial charge < -0.3 is 5.32 Å². The Morgan fingerprint density at radius 1 is 1.30 bits per heavy atom. The van der Waals surface area contributed by atoms with Crippen LogP contribution in [-0.2, 0) is 6.18 Å². The molecule has 1 aromatic heterocycles. The molecular formula is C16H14F3N3O. The average Bonchev–Trinajstić information content (AvgIpc) is 3.31. The van der Waals surface area contributed by atoms with Crippen molar-refractivity contribution in [2.75, 3.05) is 5.32 Å². The van der Waals surface area contributed by atoms with Crippen molar-refractivity contribution in [2.45, 2.75) is 31.9 Å². The lowest BCUT2D eigenvalue weighted by Crippen LogP contribution is -2.16. The molecule has 1 fully saturated rings. The number of amides is 1. The molecule has 0 aliphatic heterocycles. The number of hydrogen-bond donors (Lipinski definition) is 1. The minimum Gasteiger partial charge on any atom is -0.322 e. The number of rotatable bonds is 3. The van der Waals surface area contributed by atoms with E-state index in [2.05, 4.69) is 15.3 Å². The Hall–Kier alpha value is -2.44. The molecule has 23 heavy (non-hydrogen) atoms. The maximum absolute atomic E-state index is 12.7. The van der Waals surface area contributed by atoms with Gasteiger partial charge in [0.1, 0.15) is 5.82 Å². The quantitative estimate of drug-likeness (QED) is 0.932. The van der Waals surface area contributed by atoms with Gasteiger partial charge in [0.25, 0.3) is 5.91 Å². The molecule has 4 nitrogen and oxygen atoms in total. The Bertz CT molecular complexity index is 754. The third kappa shape index (κ3) is 3.49. The standard InChI is InChI=1S/C16H14F3N3O/c1-9-13(8-20-14(21-9)10-5-6-10)15(23)22-12-4-2-3-11(7-12)16(17,18)19/h2-4,7-8,10H,5-6H2,1H3,(H,22,23). The van der Waals surface area contributed by atoms with Gasteiger partial charge in [-0.3, -0.25) is 4.79 Å². The number of alkyl halides is 3. The molecule has 1 aromatic carbocycles. The summed E-state index contributed by atoms with van der Waals surface area (Å²) >= 11 is 0. The van der Waals surface area contributed by atoms with Crippen molar-refractivity contribution in [3.05, 3.63) is 53.1 Å². The first-order valence-electron chi connectivity index (χ1n) is 7.17. The van der Waals surface area contributed by atoms with Gasteiger partial charge in [0, 0.05) is 17.8 Å². The summed E-state index contributed by atoms with van der Waals surface area (Å²) in [6.07, 6.45) is -0.922. The molecule has 0 bridgehead atoms. The zero-order valence-electron chi connectivity index (χ0n) is 12.3. The fraction of sp³-hybridized carbons (Fsp3) is 0.312. The van der Waals surface area contributed by atoms with E-state index in [1.54, 1.807) is 6.92 Å². The van der Waals surface area contributed by atoms with Crippen LogP contribution in [-0.4, -0.2) is 15.9 Å². The Morgan fingerprint density at radius 3 is 2.65 bits per heavy atom. The zero-order valence-corrected chi connectivity index (χ0v) is 12.3. The Balaban J connectivity index is 1.79. The first-order chi connectivity index (χ1) is 10.8. The number of nitrogens with one attached hydrogen (secondary N) is 1. The summed E-state index contributed by atoms with van der Waals surface area (Å²) in [5.41, 5.74) is 0.0426. The van der Waals surface area contributed by atoms with Crippen LogP contribution in [0.4, 0.5) is 18.9 Å². The first-order valence-corrected chi connectivity index (χ1v) is 7.17. The Kier molecular flexibility index (Phi) is 3.79. The maximum atomic E-state index is 12.7. The lowest BCUT2D eigenvalue weighted by Gasteiger charge is -2.11. The second-order valence-corrected chi connectivity index (χ2v) is 5.53. The number of hydrogen-bond acceptors (Lipinski definition) is 3. The minimum absolute atomic E-state index is 0.0792. The van der Waals surface area contributed by atoms with Crippen molar-refractivity contribution in [3.8, 4) is 0 Å². The van der Waals surface area contributed by atoms with Crippen LogP contribution in [0.25, 0.3) is 0 Å². The van der Waals surface area contributed by atoms with Crippen LogP contribution in [0.5, 0.6) is 0 Å². The minimum atomic E-state index is -4.45.